The highest BCUT2D eigenvalue weighted by atomic mass is 16.1. The minimum absolute atomic E-state index is 0.127. The fourth-order valence-corrected chi connectivity index (χ4v) is 2.24. The second kappa shape index (κ2) is 6.44. The highest BCUT2D eigenvalue weighted by Crippen LogP contribution is 2.27. The molecule has 0 saturated heterocycles. The van der Waals surface area contributed by atoms with Crippen LogP contribution in [0, 0.1) is 6.92 Å². The highest BCUT2D eigenvalue weighted by Gasteiger charge is 2.12. The number of aryl methyl sites for hydroxylation is 1. The second-order valence-electron chi connectivity index (χ2n) is 5.42. The van der Waals surface area contributed by atoms with Gasteiger partial charge >= 0.3 is 0 Å². The molecule has 0 aliphatic rings. The molecule has 0 spiro atoms. The van der Waals surface area contributed by atoms with Gasteiger partial charge in [0.05, 0.1) is 0 Å². The van der Waals surface area contributed by atoms with E-state index in [9.17, 15) is 4.79 Å². The number of hydrogen-bond donors (Lipinski definition) is 2. The average molecular weight is 282 g/mol. The lowest BCUT2D eigenvalue weighted by molar-refractivity contribution is 0.102. The molecule has 1 atom stereocenters. The Hall–Kier alpha value is -2.29. The molecule has 1 amide bonds. The van der Waals surface area contributed by atoms with Gasteiger partial charge in [-0.3, -0.25) is 4.79 Å². The van der Waals surface area contributed by atoms with Gasteiger partial charge in [-0.2, -0.15) is 0 Å². The van der Waals surface area contributed by atoms with E-state index < -0.39 is 0 Å². The summed E-state index contributed by atoms with van der Waals surface area (Å²) in [5, 5.41) is 2.99. The standard InChI is InChI=1S/C18H22N2O/c1-4-12(2)15-7-5-6-8-17(15)20-18(21)14-10-9-13(3)16(19)11-14/h5-12H,4,19H2,1-3H3,(H,20,21). The maximum atomic E-state index is 12.4. The van der Waals surface area contributed by atoms with Crippen molar-refractivity contribution in [3.63, 3.8) is 0 Å². The lowest BCUT2D eigenvalue weighted by Crippen LogP contribution is -2.14. The van der Waals surface area contributed by atoms with E-state index in [4.69, 9.17) is 5.73 Å². The molecular weight excluding hydrogens is 260 g/mol. The van der Waals surface area contributed by atoms with Crippen molar-refractivity contribution in [1.29, 1.82) is 0 Å². The quantitative estimate of drug-likeness (QED) is 0.819. The zero-order valence-electron chi connectivity index (χ0n) is 12.8. The topological polar surface area (TPSA) is 55.1 Å². The molecule has 110 valence electrons. The summed E-state index contributed by atoms with van der Waals surface area (Å²) in [6, 6.07) is 13.3. The molecule has 2 rings (SSSR count). The van der Waals surface area contributed by atoms with Gasteiger partial charge in [0, 0.05) is 16.9 Å². The fraction of sp³-hybridized carbons (Fsp3) is 0.278. The molecule has 0 aromatic heterocycles. The number of anilines is 2. The van der Waals surface area contributed by atoms with Crippen LogP contribution in [0.3, 0.4) is 0 Å². The summed E-state index contributed by atoms with van der Waals surface area (Å²) in [4.78, 5) is 12.4. The van der Waals surface area contributed by atoms with E-state index in [1.807, 2.05) is 31.2 Å². The van der Waals surface area contributed by atoms with Crippen LogP contribution in [-0.2, 0) is 0 Å². The number of nitrogen functional groups attached to an aromatic ring is 1. The number of carbonyl (C=O) groups is 1. The fourth-order valence-electron chi connectivity index (χ4n) is 2.24. The minimum atomic E-state index is -0.127. The first-order valence-corrected chi connectivity index (χ1v) is 7.29. The van der Waals surface area contributed by atoms with Crippen LogP contribution < -0.4 is 11.1 Å². The molecule has 0 aliphatic heterocycles. The van der Waals surface area contributed by atoms with Gasteiger partial charge in [0.25, 0.3) is 5.91 Å². The summed E-state index contributed by atoms with van der Waals surface area (Å²) < 4.78 is 0. The zero-order chi connectivity index (χ0) is 15.4. The van der Waals surface area contributed by atoms with Gasteiger partial charge < -0.3 is 11.1 Å². The second-order valence-corrected chi connectivity index (χ2v) is 5.42. The average Bonchev–Trinajstić information content (AvgIpc) is 2.49. The number of hydrogen-bond acceptors (Lipinski definition) is 2. The van der Waals surface area contributed by atoms with Crippen molar-refractivity contribution in [1.82, 2.24) is 0 Å². The molecule has 0 bridgehead atoms. The summed E-state index contributed by atoms with van der Waals surface area (Å²) in [5.74, 6) is 0.280. The van der Waals surface area contributed by atoms with Gasteiger partial charge in [-0.05, 0) is 48.6 Å². The third-order valence-corrected chi connectivity index (χ3v) is 3.89. The smallest absolute Gasteiger partial charge is 0.255 e. The molecule has 2 aromatic rings. The maximum absolute atomic E-state index is 12.4. The van der Waals surface area contributed by atoms with Gasteiger partial charge in [0.15, 0.2) is 0 Å². The van der Waals surface area contributed by atoms with Crippen molar-refractivity contribution in [2.45, 2.75) is 33.1 Å². The Labute approximate surface area is 126 Å². The van der Waals surface area contributed by atoms with Gasteiger partial charge in [0.1, 0.15) is 0 Å². The van der Waals surface area contributed by atoms with Crippen LogP contribution in [0.15, 0.2) is 42.5 Å². The van der Waals surface area contributed by atoms with Gasteiger partial charge in [-0.15, -0.1) is 0 Å². The molecule has 0 fully saturated rings. The number of nitrogens with two attached hydrogens (primary N) is 1. The largest absolute Gasteiger partial charge is 0.398 e. The SMILES string of the molecule is CCC(C)c1ccccc1NC(=O)c1ccc(C)c(N)c1. The van der Waals surface area contributed by atoms with Crippen LogP contribution in [0.4, 0.5) is 11.4 Å². The van der Waals surface area contributed by atoms with E-state index in [1.54, 1.807) is 12.1 Å². The first-order valence-electron chi connectivity index (χ1n) is 7.29. The van der Waals surface area contributed by atoms with Gasteiger partial charge in [-0.1, -0.05) is 38.1 Å². The monoisotopic (exact) mass is 282 g/mol. The number of amides is 1. The van der Waals surface area contributed by atoms with Crippen molar-refractivity contribution in [2.75, 3.05) is 11.1 Å². The minimum Gasteiger partial charge on any atom is -0.398 e. The molecule has 0 aliphatic carbocycles. The Morgan fingerprint density at radius 2 is 1.95 bits per heavy atom. The third kappa shape index (κ3) is 3.43. The summed E-state index contributed by atoms with van der Waals surface area (Å²) in [7, 11) is 0. The lowest BCUT2D eigenvalue weighted by atomic mass is 9.96. The number of para-hydroxylation sites is 1. The predicted molar refractivity (Wildman–Crippen MR) is 88.7 cm³/mol. The highest BCUT2D eigenvalue weighted by molar-refractivity contribution is 6.05. The Morgan fingerprint density at radius 3 is 2.62 bits per heavy atom. The van der Waals surface area contributed by atoms with Gasteiger partial charge in [-0.25, -0.2) is 0 Å². The summed E-state index contributed by atoms with van der Waals surface area (Å²) in [5.41, 5.74) is 10.1. The van der Waals surface area contributed by atoms with E-state index in [-0.39, 0.29) is 5.91 Å². The van der Waals surface area contributed by atoms with Crippen molar-refractivity contribution in [3.8, 4) is 0 Å². The van der Waals surface area contributed by atoms with E-state index in [1.165, 1.54) is 0 Å². The normalized spacial score (nSPS) is 12.0. The van der Waals surface area contributed by atoms with Crippen molar-refractivity contribution in [3.05, 3.63) is 59.2 Å². The molecule has 0 saturated carbocycles. The molecule has 2 aromatic carbocycles. The van der Waals surface area contributed by atoms with E-state index in [2.05, 4.69) is 25.2 Å². The molecule has 0 radical (unpaired) electrons. The number of benzene rings is 2. The Morgan fingerprint density at radius 1 is 1.24 bits per heavy atom. The molecule has 1 unspecified atom stereocenters. The van der Waals surface area contributed by atoms with E-state index in [0.29, 0.717) is 17.2 Å². The van der Waals surface area contributed by atoms with Crippen molar-refractivity contribution < 1.29 is 4.79 Å². The number of nitrogens with one attached hydrogen (secondary N) is 1. The summed E-state index contributed by atoms with van der Waals surface area (Å²) in [6.07, 6.45) is 1.03. The van der Waals surface area contributed by atoms with Crippen molar-refractivity contribution >= 4 is 17.3 Å². The van der Waals surface area contributed by atoms with Crippen LogP contribution >= 0.6 is 0 Å². The Balaban J connectivity index is 2.25. The van der Waals surface area contributed by atoms with Crippen LogP contribution in [0.1, 0.15) is 47.7 Å². The van der Waals surface area contributed by atoms with Crippen LogP contribution in [0.25, 0.3) is 0 Å². The molecule has 0 heterocycles. The number of rotatable bonds is 4. The summed E-state index contributed by atoms with van der Waals surface area (Å²) in [6.45, 7) is 6.23. The van der Waals surface area contributed by atoms with E-state index in [0.717, 1.165) is 23.2 Å². The number of carbonyl (C=O) groups excluding carboxylic acids is 1. The lowest BCUT2D eigenvalue weighted by Gasteiger charge is -2.16. The first kappa shape index (κ1) is 15.1. The molecule has 3 heteroatoms. The Bertz CT molecular complexity index is 649. The first-order chi connectivity index (χ1) is 10.0. The predicted octanol–water partition coefficient (Wildman–Crippen LogP) is 4.34. The van der Waals surface area contributed by atoms with Gasteiger partial charge in [0.2, 0.25) is 0 Å². The maximum Gasteiger partial charge on any atom is 0.255 e. The van der Waals surface area contributed by atoms with Crippen LogP contribution in [0.5, 0.6) is 0 Å². The summed E-state index contributed by atoms with van der Waals surface area (Å²) >= 11 is 0. The molecule has 3 N–H and O–H groups in total. The molecular formula is C18H22N2O. The van der Waals surface area contributed by atoms with Crippen LogP contribution in [-0.4, -0.2) is 5.91 Å². The Kier molecular flexibility index (Phi) is 4.63. The third-order valence-electron chi connectivity index (χ3n) is 3.89. The zero-order valence-corrected chi connectivity index (χ0v) is 12.8. The van der Waals surface area contributed by atoms with Crippen LogP contribution in [0.2, 0.25) is 0 Å². The molecule has 3 nitrogen and oxygen atoms in total. The van der Waals surface area contributed by atoms with E-state index >= 15 is 0 Å². The molecule has 21 heavy (non-hydrogen) atoms. The van der Waals surface area contributed by atoms with Crippen molar-refractivity contribution in [2.24, 2.45) is 0 Å².